The van der Waals surface area contributed by atoms with E-state index in [4.69, 9.17) is 13.5 Å². The molecule has 23 heavy (non-hydrogen) atoms. The molecule has 0 aliphatic heterocycles. The minimum atomic E-state index is -3.18. The Balaban J connectivity index is 2.19. The summed E-state index contributed by atoms with van der Waals surface area (Å²) in [6, 6.07) is 6.53. The van der Waals surface area contributed by atoms with Crippen molar-refractivity contribution in [3.8, 4) is 5.75 Å². The SMILES string of the molecule is CCCCCC[P@@](=O)(OC)Oc1ccc2c(C)cc(=O)oc2c1. The van der Waals surface area contributed by atoms with Gasteiger partial charge in [-0.3, -0.25) is 0 Å². The zero-order valence-corrected chi connectivity index (χ0v) is 14.7. The summed E-state index contributed by atoms with van der Waals surface area (Å²) in [7, 11) is -1.79. The molecule has 0 fully saturated rings. The van der Waals surface area contributed by atoms with E-state index in [2.05, 4.69) is 6.92 Å². The van der Waals surface area contributed by atoms with Crippen LogP contribution < -0.4 is 10.1 Å². The number of benzene rings is 1. The highest BCUT2D eigenvalue weighted by molar-refractivity contribution is 7.54. The molecular formula is C17H23O5P. The van der Waals surface area contributed by atoms with E-state index in [1.165, 1.54) is 13.2 Å². The molecule has 1 heterocycles. The Labute approximate surface area is 136 Å². The second-order valence-electron chi connectivity index (χ2n) is 5.58. The fourth-order valence-electron chi connectivity index (χ4n) is 2.43. The van der Waals surface area contributed by atoms with Gasteiger partial charge in [-0.15, -0.1) is 0 Å². The van der Waals surface area contributed by atoms with Gasteiger partial charge in [0, 0.05) is 24.6 Å². The van der Waals surface area contributed by atoms with Crippen LogP contribution in [0.2, 0.25) is 0 Å². The lowest BCUT2D eigenvalue weighted by Gasteiger charge is -2.17. The van der Waals surface area contributed by atoms with Crippen molar-refractivity contribution in [2.45, 2.75) is 39.5 Å². The molecule has 0 bridgehead atoms. The highest BCUT2D eigenvalue weighted by atomic mass is 31.2. The summed E-state index contributed by atoms with van der Waals surface area (Å²) < 4.78 is 28.5. The van der Waals surface area contributed by atoms with E-state index in [1.54, 1.807) is 18.2 Å². The Morgan fingerprint density at radius 3 is 2.65 bits per heavy atom. The van der Waals surface area contributed by atoms with Gasteiger partial charge in [-0.1, -0.05) is 26.2 Å². The van der Waals surface area contributed by atoms with E-state index < -0.39 is 13.2 Å². The fraction of sp³-hybridized carbons (Fsp3) is 0.471. The van der Waals surface area contributed by atoms with Crippen molar-refractivity contribution in [1.82, 2.24) is 0 Å². The summed E-state index contributed by atoms with van der Waals surface area (Å²) in [6.07, 6.45) is 4.38. The van der Waals surface area contributed by atoms with E-state index in [0.717, 1.165) is 36.6 Å². The average Bonchev–Trinajstić information content (AvgIpc) is 2.51. The molecule has 2 rings (SSSR count). The maximum absolute atomic E-state index is 12.6. The molecule has 0 aliphatic carbocycles. The average molecular weight is 338 g/mol. The standard InChI is InChI=1S/C17H23O5P/c1-4-5-6-7-10-23(19,20-3)22-14-8-9-15-13(2)11-17(18)21-16(15)12-14/h8-9,11-12H,4-7,10H2,1-3H3/t23-/m1/s1. The number of fused-ring (bicyclic) bond motifs is 1. The van der Waals surface area contributed by atoms with E-state index in [-0.39, 0.29) is 0 Å². The van der Waals surface area contributed by atoms with Crippen molar-refractivity contribution in [1.29, 1.82) is 0 Å². The zero-order chi connectivity index (χ0) is 16.9. The van der Waals surface area contributed by atoms with Crippen LogP contribution in [0.25, 0.3) is 11.0 Å². The van der Waals surface area contributed by atoms with Gasteiger partial charge in [0.15, 0.2) is 0 Å². The van der Waals surface area contributed by atoms with E-state index in [0.29, 0.717) is 17.5 Å². The summed E-state index contributed by atoms with van der Waals surface area (Å²) in [5.74, 6) is 0.381. The first-order valence-electron chi connectivity index (χ1n) is 7.86. The number of hydrogen-bond acceptors (Lipinski definition) is 5. The van der Waals surface area contributed by atoms with Crippen LogP contribution in [0, 0.1) is 6.92 Å². The van der Waals surface area contributed by atoms with Gasteiger partial charge >= 0.3 is 13.2 Å². The first kappa shape index (κ1) is 17.8. The molecule has 0 N–H and O–H groups in total. The number of aryl methyl sites for hydroxylation is 1. The van der Waals surface area contributed by atoms with Crippen LogP contribution in [0.3, 0.4) is 0 Å². The first-order chi connectivity index (χ1) is 11.0. The molecule has 2 aromatic rings. The smallest absolute Gasteiger partial charge is 0.378 e. The van der Waals surface area contributed by atoms with Crippen molar-refractivity contribution >= 4 is 18.6 Å². The van der Waals surface area contributed by atoms with Crippen molar-refractivity contribution in [3.63, 3.8) is 0 Å². The molecule has 0 unspecified atom stereocenters. The summed E-state index contributed by atoms with van der Waals surface area (Å²) >= 11 is 0. The van der Waals surface area contributed by atoms with Gasteiger partial charge in [-0.25, -0.2) is 9.36 Å². The second-order valence-corrected chi connectivity index (χ2v) is 7.79. The Morgan fingerprint density at radius 1 is 1.17 bits per heavy atom. The molecule has 1 atom stereocenters. The zero-order valence-electron chi connectivity index (χ0n) is 13.8. The van der Waals surface area contributed by atoms with Gasteiger partial charge in [-0.05, 0) is 31.0 Å². The molecule has 126 valence electrons. The number of hydrogen-bond donors (Lipinski definition) is 0. The Morgan fingerprint density at radius 2 is 1.96 bits per heavy atom. The highest BCUT2D eigenvalue weighted by Crippen LogP contribution is 2.48. The van der Waals surface area contributed by atoms with Gasteiger partial charge < -0.3 is 13.5 Å². The molecule has 5 nitrogen and oxygen atoms in total. The minimum Gasteiger partial charge on any atom is -0.424 e. The molecule has 6 heteroatoms. The lowest BCUT2D eigenvalue weighted by atomic mass is 10.1. The predicted octanol–water partition coefficient (Wildman–Crippen LogP) is 4.90. The molecule has 0 amide bonds. The van der Waals surface area contributed by atoms with Crippen molar-refractivity contribution in [3.05, 3.63) is 40.2 Å². The van der Waals surface area contributed by atoms with Gasteiger partial charge in [0.2, 0.25) is 0 Å². The number of rotatable bonds is 8. The highest BCUT2D eigenvalue weighted by Gasteiger charge is 2.24. The van der Waals surface area contributed by atoms with Crippen LogP contribution in [0.4, 0.5) is 0 Å². The third kappa shape index (κ3) is 4.69. The fourth-order valence-corrected chi connectivity index (χ4v) is 3.82. The Hall–Kier alpha value is -1.58. The summed E-state index contributed by atoms with van der Waals surface area (Å²) in [6.45, 7) is 3.96. The molecule has 0 saturated carbocycles. The second kappa shape index (κ2) is 7.80. The lowest BCUT2D eigenvalue weighted by Crippen LogP contribution is -2.01. The Bertz CT molecular complexity index is 765. The van der Waals surface area contributed by atoms with Crippen molar-refractivity contribution in [2.24, 2.45) is 0 Å². The van der Waals surface area contributed by atoms with Crippen LogP contribution in [0.1, 0.15) is 38.2 Å². The molecule has 0 radical (unpaired) electrons. The van der Waals surface area contributed by atoms with Crippen molar-refractivity contribution in [2.75, 3.05) is 13.3 Å². The van der Waals surface area contributed by atoms with Gasteiger partial charge in [0.1, 0.15) is 11.3 Å². The quantitative estimate of drug-likeness (QED) is 0.389. The minimum absolute atomic E-state index is 0.374. The van der Waals surface area contributed by atoms with Gasteiger partial charge in [0.05, 0.1) is 6.16 Å². The van der Waals surface area contributed by atoms with Crippen LogP contribution in [0.5, 0.6) is 5.75 Å². The topological polar surface area (TPSA) is 65.7 Å². The van der Waals surface area contributed by atoms with Gasteiger partial charge in [0.25, 0.3) is 0 Å². The van der Waals surface area contributed by atoms with Crippen molar-refractivity contribution < 1.29 is 18.0 Å². The summed E-state index contributed by atoms with van der Waals surface area (Å²) in [5.41, 5.74) is 0.833. The molecular weight excluding hydrogens is 315 g/mol. The maximum atomic E-state index is 12.6. The third-order valence-corrected chi connectivity index (χ3v) is 5.64. The molecule has 1 aromatic carbocycles. The first-order valence-corrected chi connectivity index (χ1v) is 9.59. The van der Waals surface area contributed by atoms with Crippen LogP contribution in [-0.4, -0.2) is 13.3 Å². The van der Waals surface area contributed by atoms with Crippen LogP contribution in [-0.2, 0) is 9.09 Å². The summed E-state index contributed by atoms with van der Waals surface area (Å²) in [4.78, 5) is 11.5. The predicted molar refractivity (Wildman–Crippen MR) is 91.5 cm³/mol. The normalized spacial score (nSPS) is 13.9. The number of unbranched alkanes of at least 4 members (excludes halogenated alkanes) is 3. The Kier molecular flexibility index (Phi) is 6.03. The molecule has 0 aliphatic rings. The lowest BCUT2D eigenvalue weighted by molar-refractivity contribution is 0.320. The van der Waals surface area contributed by atoms with Crippen LogP contribution >= 0.6 is 7.60 Å². The monoisotopic (exact) mass is 338 g/mol. The summed E-state index contributed by atoms with van der Waals surface area (Å²) in [5, 5.41) is 0.826. The third-order valence-electron chi connectivity index (χ3n) is 3.73. The maximum Gasteiger partial charge on any atom is 0.378 e. The largest absolute Gasteiger partial charge is 0.424 e. The van der Waals surface area contributed by atoms with E-state index in [9.17, 15) is 9.36 Å². The molecule has 0 spiro atoms. The molecule has 1 aromatic heterocycles. The van der Waals surface area contributed by atoms with E-state index in [1.807, 2.05) is 6.92 Å². The van der Waals surface area contributed by atoms with Gasteiger partial charge in [-0.2, -0.15) is 0 Å². The van der Waals surface area contributed by atoms with E-state index >= 15 is 0 Å². The molecule has 0 saturated heterocycles. The van der Waals surface area contributed by atoms with Crippen LogP contribution in [0.15, 0.2) is 33.5 Å².